The van der Waals surface area contributed by atoms with E-state index >= 15 is 0 Å². The van der Waals surface area contributed by atoms with Crippen LogP contribution in [0.4, 0.5) is 5.69 Å². The fourth-order valence-corrected chi connectivity index (χ4v) is 3.01. The summed E-state index contributed by atoms with van der Waals surface area (Å²) in [6.45, 7) is 3.56. The van der Waals surface area contributed by atoms with Crippen LogP contribution in [0.15, 0.2) is 24.3 Å². The molecule has 0 saturated heterocycles. The second-order valence-corrected chi connectivity index (χ2v) is 6.93. The SMILES string of the molecule is CC1(C)[C@H](C(=O)Nc2ccc(C(=O)NC3CC3)cc2)[C@@H]1C(=O)O. The van der Waals surface area contributed by atoms with Crippen LogP contribution in [0.3, 0.4) is 0 Å². The number of aliphatic carboxylic acids is 1. The lowest BCUT2D eigenvalue weighted by molar-refractivity contribution is -0.140. The minimum absolute atomic E-state index is 0.111. The molecule has 3 rings (SSSR count). The van der Waals surface area contributed by atoms with Crippen molar-refractivity contribution in [2.45, 2.75) is 32.7 Å². The number of benzene rings is 1. The Morgan fingerprint density at radius 1 is 1.09 bits per heavy atom. The van der Waals surface area contributed by atoms with Crippen LogP contribution in [0.5, 0.6) is 0 Å². The minimum atomic E-state index is -0.942. The molecule has 122 valence electrons. The van der Waals surface area contributed by atoms with Crippen LogP contribution >= 0.6 is 0 Å². The number of amides is 2. The third-order valence-corrected chi connectivity index (χ3v) is 4.70. The molecule has 2 aliphatic carbocycles. The van der Waals surface area contributed by atoms with Gasteiger partial charge in [-0.3, -0.25) is 14.4 Å². The zero-order valence-corrected chi connectivity index (χ0v) is 13.1. The fraction of sp³-hybridized carbons (Fsp3) is 0.471. The van der Waals surface area contributed by atoms with Gasteiger partial charge in [0.15, 0.2) is 0 Å². The van der Waals surface area contributed by atoms with E-state index in [2.05, 4.69) is 10.6 Å². The van der Waals surface area contributed by atoms with Crippen LogP contribution in [0.25, 0.3) is 0 Å². The van der Waals surface area contributed by atoms with Gasteiger partial charge in [-0.1, -0.05) is 13.8 Å². The molecule has 1 aromatic carbocycles. The Morgan fingerprint density at radius 2 is 1.70 bits per heavy atom. The molecule has 2 fully saturated rings. The van der Waals surface area contributed by atoms with Crippen molar-refractivity contribution in [3.63, 3.8) is 0 Å². The predicted octanol–water partition coefficient (Wildman–Crippen LogP) is 1.87. The molecule has 6 heteroatoms. The van der Waals surface area contributed by atoms with Gasteiger partial charge in [-0.05, 0) is 42.5 Å². The lowest BCUT2D eigenvalue weighted by atomic mass is 10.1. The standard InChI is InChI=1S/C17H20N2O4/c1-17(2)12(13(17)16(22)23)15(21)19-10-5-3-9(4-6-10)14(20)18-11-7-8-11/h3-6,11-13H,7-8H2,1-2H3,(H,18,20)(H,19,21)(H,22,23)/t12-,13+/m0/s1. The number of carbonyl (C=O) groups is 3. The Bertz CT molecular complexity index is 662. The minimum Gasteiger partial charge on any atom is -0.481 e. The number of carboxylic acids is 1. The Hall–Kier alpha value is -2.37. The molecule has 0 radical (unpaired) electrons. The van der Waals surface area contributed by atoms with Crippen molar-refractivity contribution in [2.75, 3.05) is 5.32 Å². The molecule has 0 aromatic heterocycles. The highest BCUT2D eigenvalue weighted by atomic mass is 16.4. The van der Waals surface area contributed by atoms with Crippen molar-refractivity contribution in [3.05, 3.63) is 29.8 Å². The average molecular weight is 316 g/mol. The van der Waals surface area contributed by atoms with Gasteiger partial charge in [0.1, 0.15) is 0 Å². The van der Waals surface area contributed by atoms with Crippen molar-refractivity contribution in [1.82, 2.24) is 5.32 Å². The summed E-state index contributed by atoms with van der Waals surface area (Å²) in [5.41, 5.74) is 0.579. The van der Waals surface area contributed by atoms with Gasteiger partial charge < -0.3 is 15.7 Å². The lowest BCUT2D eigenvalue weighted by Gasteiger charge is -2.07. The number of anilines is 1. The first-order valence-electron chi connectivity index (χ1n) is 7.75. The third kappa shape index (κ3) is 3.06. The highest BCUT2D eigenvalue weighted by Gasteiger charge is 2.65. The van der Waals surface area contributed by atoms with E-state index in [0.717, 1.165) is 12.8 Å². The summed E-state index contributed by atoms with van der Waals surface area (Å²) in [4.78, 5) is 35.2. The van der Waals surface area contributed by atoms with E-state index in [9.17, 15) is 14.4 Å². The van der Waals surface area contributed by atoms with E-state index in [1.54, 1.807) is 38.1 Å². The van der Waals surface area contributed by atoms with Crippen molar-refractivity contribution in [2.24, 2.45) is 17.3 Å². The summed E-state index contributed by atoms with van der Waals surface area (Å²) in [5, 5.41) is 14.8. The van der Waals surface area contributed by atoms with Crippen molar-refractivity contribution in [3.8, 4) is 0 Å². The highest BCUT2D eigenvalue weighted by Crippen LogP contribution is 2.58. The van der Waals surface area contributed by atoms with Crippen molar-refractivity contribution >= 4 is 23.5 Å². The molecule has 6 nitrogen and oxygen atoms in total. The van der Waals surface area contributed by atoms with E-state index in [0.29, 0.717) is 17.3 Å². The predicted molar refractivity (Wildman–Crippen MR) is 84.0 cm³/mol. The summed E-state index contributed by atoms with van der Waals surface area (Å²) < 4.78 is 0. The smallest absolute Gasteiger partial charge is 0.307 e. The molecular weight excluding hydrogens is 296 g/mol. The second kappa shape index (κ2) is 5.37. The van der Waals surface area contributed by atoms with E-state index in [1.165, 1.54) is 0 Å². The largest absolute Gasteiger partial charge is 0.481 e. The van der Waals surface area contributed by atoms with E-state index in [1.807, 2.05) is 0 Å². The number of carboxylic acid groups (broad SMARTS) is 1. The monoisotopic (exact) mass is 316 g/mol. The molecule has 0 unspecified atom stereocenters. The average Bonchev–Trinajstić information content (AvgIpc) is 3.36. The first kappa shape index (κ1) is 15.5. The number of hydrogen-bond donors (Lipinski definition) is 3. The molecule has 2 aliphatic rings. The first-order chi connectivity index (χ1) is 10.8. The van der Waals surface area contributed by atoms with Crippen LogP contribution in [-0.2, 0) is 9.59 Å². The molecule has 2 amide bonds. The van der Waals surface area contributed by atoms with Gasteiger partial charge >= 0.3 is 5.97 Å². The fourth-order valence-electron chi connectivity index (χ4n) is 3.01. The summed E-state index contributed by atoms with van der Waals surface area (Å²) in [6.07, 6.45) is 2.06. The van der Waals surface area contributed by atoms with Gasteiger partial charge in [0.05, 0.1) is 11.8 Å². The van der Waals surface area contributed by atoms with E-state index in [-0.39, 0.29) is 11.8 Å². The highest BCUT2D eigenvalue weighted by molar-refractivity contribution is 6.00. The zero-order valence-electron chi connectivity index (χ0n) is 13.1. The van der Waals surface area contributed by atoms with Gasteiger partial charge in [-0.2, -0.15) is 0 Å². The molecule has 0 aliphatic heterocycles. The number of nitrogens with one attached hydrogen (secondary N) is 2. The van der Waals surface area contributed by atoms with Crippen LogP contribution in [0, 0.1) is 17.3 Å². The Labute approximate surface area is 134 Å². The van der Waals surface area contributed by atoms with Crippen LogP contribution in [-0.4, -0.2) is 28.9 Å². The number of hydrogen-bond acceptors (Lipinski definition) is 3. The summed E-state index contributed by atoms with van der Waals surface area (Å²) in [6, 6.07) is 6.92. The lowest BCUT2D eigenvalue weighted by Crippen LogP contribution is -2.25. The maximum absolute atomic E-state index is 12.2. The summed E-state index contributed by atoms with van der Waals surface area (Å²) in [5.74, 6) is -2.52. The van der Waals surface area contributed by atoms with Crippen LogP contribution in [0.1, 0.15) is 37.0 Å². The normalized spacial score (nSPS) is 24.6. The molecule has 3 N–H and O–H groups in total. The summed E-state index contributed by atoms with van der Waals surface area (Å²) in [7, 11) is 0. The van der Waals surface area contributed by atoms with Crippen molar-refractivity contribution < 1.29 is 19.5 Å². The maximum Gasteiger partial charge on any atom is 0.307 e. The summed E-state index contributed by atoms with van der Waals surface area (Å²) >= 11 is 0. The van der Waals surface area contributed by atoms with Crippen molar-refractivity contribution in [1.29, 1.82) is 0 Å². The topological polar surface area (TPSA) is 95.5 Å². The van der Waals surface area contributed by atoms with Gasteiger partial charge in [0, 0.05) is 17.3 Å². The molecule has 0 heterocycles. The molecule has 2 saturated carbocycles. The Morgan fingerprint density at radius 3 is 2.17 bits per heavy atom. The second-order valence-electron chi connectivity index (χ2n) is 6.93. The van der Waals surface area contributed by atoms with Crippen LogP contribution < -0.4 is 10.6 Å². The van der Waals surface area contributed by atoms with Gasteiger partial charge in [0.25, 0.3) is 5.91 Å². The third-order valence-electron chi connectivity index (χ3n) is 4.70. The quantitative estimate of drug-likeness (QED) is 0.773. The molecule has 0 spiro atoms. The Kier molecular flexibility index (Phi) is 3.62. The molecule has 23 heavy (non-hydrogen) atoms. The van der Waals surface area contributed by atoms with Gasteiger partial charge in [-0.15, -0.1) is 0 Å². The van der Waals surface area contributed by atoms with Gasteiger partial charge in [0.2, 0.25) is 5.91 Å². The zero-order chi connectivity index (χ0) is 16.8. The molecule has 1 aromatic rings. The molecule has 0 bridgehead atoms. The maximum atomic E-state index is 12.2. The van der Waals surface area contributed by atoms with Crippen LogP contribution in [0.2, 0.25) is 0 Å². The van der Waals surface area contributed by atoms with Gasteiger partial charge in [-0.25, -0.2) is 0 Å². The Balaban J connectivity index is 1.61. The first-order valence-corrected chi connectivity index (χ1v) is 7.75. The molecule has 2 atom stereocenters. The number of carbonyl (C=O) groups excluding carboxylic acids is 2. The number of rotatable bonds is 5. The van der Waals surface area contributed by atoms with E-state index in [4.69, 9.17) is 5.11 Å². The van der Waals surface area contributed by atoms with E-state index < -0.39 is 23.2 Å². The molecular formula is C17H20N2O4.